The topological polar surface area (TPSA) is 55.8 Å². The zero-order valence-corrected chi connectivity index (χ0v) is 12.4. The first-order valence-corrected chi connectivity index (χ1v) is 7.10. The van der Waals surface area contributed by atoms with Crippen LogP contribution >= 0.6 is 0 Å². The van der Waals surface area contributed by atoms with Crippen LogP contribution in [-0.4, -0.2) is 17.5 Å². The van der Waals surface area contributed by atoms with Crippen LogP contribution in [0.4, 0.5) is 0 Å². The Morgan fingerprint density at radius 2 is 2.05 bits per heavy atom. The largest absolute Gasteiger partial charge is 0.508 e. The van der Waals surface area contributed by atoms with Crippen molar-refractivity contribution in [1.29, 1.82) is 0 Å². The van der Waals surface area contributed by atoms with Crippen molar-refractivity contribution in [3.8, 4) is 17.2 Å². The number of allylic oxidation sites excluding steroid dienone is 1. The molecular formula is C18H16O4. The molecule has 0 fully saturated rings. The molecule has 0 saturated carbocycles. The van der Waals surface area contributed by atoms with E-state index in [1.54, 1.807) is 19.1 Å². The van der Waals surface area contributed by atoms with Gasteiger partial charge in [0.15, 0.2) is 5.76 Å². The lowest BCUT2D eigenvalue weighted by Crippen LogP contribution is -2.00. The first-order valence-electron chi connectivity index (χ1n) is 7.10. The summed E-state index contributed by atoms with van der Waals surface area (Å²) in [5.74, 6) is 1.22. The second kappa shape index (κ2) is 5.56. The first-order chi connectivity index (χ1) is 10.6. The van der Waals surface area contributed by atoms with Crippen LogP contribution in [-0.2, 0) is 0 Å². The third-order valence-electron chi connectivity index (χ3n) is 3.46. The lowest BCUT2D eigenvalue weighted by Gasteiger charge is -2.07. The number of Topliss-reactive ketones (excluding diaryl/α,β-unsaturated/α-hetero) is 1. The summed E-state index contributed by atoms with van der Waals surface area (Å²) in [5, 5.41) is 9.62. The van der Waals surface area contributed by atoms with Gasteiger partial charge in [-0.25, -0.2) is 0 Å². The van der Waals surface area contributed by atoms with Crippen LogP contribution in [0.5, 0.6) is 17.2 Å². The van der Waals surface area contributed by atoms with Crippen LogP contribution in [0.1, 0.15) is 28.4 Å². The Kier molecular flexibility index (Phi) is 3.59. The van der Waals surface area contributed by atoms with Crippen molar-refractivity contribution in [2.45, 2.75) is 13.8 Å². The van der Waals surface area contributed by atoms with Crippen molar-refractivity contribution in [3.63, 3.8) is 0 Å². The van der Waals surface area contributed by atoms with E-state index in [1.807, 2.05) is 31.2 Å². The monoisotopic (exact) mass is 296 g/mol. The minimum atomic E-state index is -0.182. The van der Waals surface area contributed by atoms with Gasteiger partial charge in [0.2, 0.25) is 5.78 Å². The molecule has 0 aromatic heterocycles. The van der Waals surface area contributed by atoms with Gasteiger partial charge in [-0.3, -0.25) is 4.79 Å². The van der Waals surface area contributed by atoms with Gasteiger partial charge in [0, 0.05) is 11.6 Å². The standard InChI is InChI=1S/C18H16O4/c1-3-21-14-7-5-4-6-12(14)9-16-18(20)17-11(2)8-13(19)10-15(17)22-16/h4-10,19H,3H2,1-2H3/b16-9+. The predicted molar refractivity (Wildman–Crippen MR) is 83.4 cm³/mol. The van der Waals surface area contributed by atoms with Crippen molar-refractivity contribution in [3.05, 3.63) is 58.8 Å². The maximum Gasteiger partial charge on any atom is 0.232 e. The zero-order chi connectivity index (χ0) is 15.7. The van der Waals surface area contributed by atoms with E-state index < -0.39 is 0 Å². The number of rotatable bonds is 3. The summed E-state index contributed by atoms with van der Waals surface area (Å²) >= 11 is 0. The van der Waals surface area contributed by atoms with E-state index in [-0.39, 0.29) is 17.3 Å². The predicted octanol–water partition coefficient (Wildman–Crippen LogP) is 3.72. The third-order valence-corrected chi connectivity index (χ3v) is 3.46. The summed E-state index contributed by atoms with van der Waals surface area (Å²) in [6.45, 7) is 4.22. The average molecular weight is 296 g/mol. The molecule has 1 aliphatic heterocycles. The third kappa shape index (κ3) is 2.44. The number of phenolic OH excluding ortho intramolecular Hbond substituents is 1. The number of ketones is 1. The van der Waals surface area contributed by atoms with E-state index in [0.717, 1.165) is 5.56 Å². The molecule has 4 heteroatoms. The fourth-order valence-electron chi connectivity index (χ4n) is 2.52. The Morgan fingerprint density at radius 1 is 1.27 bits per heavy atom. The highest BCUT2D eigenvalue weighted by Crippen LogP contribution is 2.37. The second-order valence-corrected chi connectivity index (χ2v) is 5.05. The Balaban J connectivity index is 2.02. The molecular weight excluding hydrogens is 280 g/mol. The molecule has 0 radical (unpaired) electrons. The number of phenols is 1. The zero-order valence-electron chi connectivity index (χ0n) is 12.4. The molecule has 1 heterocycles. The van der Waals surface area contributed by atoms with Crippen LogP contribution in [0.15, 0.2) is 42.2 Å². The number of carbonyl (C=O) groups is 1. The van der Waals surface area contributed by atoms with Gasteiger partial charge in [0.1, 0.15) is 17.2 Å². The number of hydrogen-bond acceptors (Lipinski definition) is 4. The van der Waals surface area contributed by atoms with E-state index in [9.17, 15) is 9.90 Å². The number of carbonyl (C=O) groups excluding carboxylic acids is 1. The molecule has 22 heavy (non-hydrogen) atoms. The SMILES string of the molecule is CCOc1ccccc1/C=C1/Oc2cc(O)cc(C)c2C1=O. The summed E-state index contributed by atoms with van der Waals surface area (Å²) in [5.41, 5.74) is 1.97. The van der Waals surface area contributed by atoms with Crippen molar-refractivity contribution in [1.82, 2.24) is 0 Å². The highest BCUT2D eigenvalue weighted by Gasteiger charge is 2.29. The van der Waals surface area contributed by atoms with E-state index >= 15 is 0 Å². The molecule has 2 aromatic carbocycles. The van der Waals surface area contributed by atoms with Gasteiger partial charge in [-0.05, 0) is 37.6 Å². The average Bonchev–Trinajstić information content (AvgIpc) is 2.77. The number of aryl methyl sites for hydroxylation is 1. The molecule has 0 bridgehead atoms. The highest BCUT2D eigenvalue weighted by atomic mass is 16.5. The molecule has 0 amide bonds. The fraction of sp³-hybridized carbons (Fsp3) is 0.167. The summed E-state index contributed by atoms with van der Waals surface area (Å²) in [6.07, 6.45) is 1.67. The van der Waals surface area contributed by atoms with Crippen LogP contribution in [0, 0.1) is 6.92 Å². The molecule has 0 spiro atoms. The van der Waals surface area contributed by atoms with Gasteiger partial charge in [0.25, 0.3) is 0 Å². The number of ether oxygens (including phenoxy) is 2. The minimum absolute atomic E-state index is 0.0833. The van der Waals surface area contributed by atoms with Crippen LogP contribution in [0.3, 0.4) is 0 Å². The Morgan fingerprint density at radius 3 is 2.82 bits per heavy atom. The van der Waals surface area contributed by atoms with Gasteiger partial charge in [0.05, 0.1) is 12.2 Å². The quantitative estimate of drug-likeness (QED) is 0.877. The number of aromatic hydroxyl groups is 1. The molecule has 112 valence electrons. The van der Waals surface area contributed by atoms with Gasteiger partial charge < -0.3 is 14.6 Å². The first kappa shape index (κ1) is 14.2. The Labute approximate surface area is 128 Å². The van der Waals surface area contributed by atoms with Gasteiger partial charge in [-0.2, -0.15) is 0 Å². The summed E-state index contributed by atoms with van der Waals surface area (Å²) in [7, 11) is 0. The maximum absolute atomic E-state index is 12.5. The molecule has 3 rings (SSSR count). The van der Waals surface area contributed by atoms with Crippen LogP contribution in [0.2, 0.25) is 0 Å². The van der Waals surface area contributed by atoms with Crippen molar-refractivity contribution in [2.75, 3.05) is 6.61 Å². The summed E-state index contributed by atoms with van der Waals surface area (Å²) in [4.78, 5) is 12.5. The van der Waals surface area contributed by atoms with Gasteiger partial charge >= 0.3 is 0 Å². The molecule has 4 nitrogen and oxygen atoms in total. The van der Waals surface area contributed by atoms with E-state index in [2.05, 4.69) is 0 Å². The molecule has 0 aliphatic carbocycles. The van der Waals surface area contributed by atoms with Crippen LogP contribution in [0.25, 0.3) is 6.08 Å². The van der Waals surface area contributed by atoms with Crippen molar-refractivity contribution in [2.24, 2.45) is 0 Å². The number of benzene rings is 2. The molecule has 1 N–H and O–H groups in total. The molecule has 2 aromatic rings. The Hall–Kier alpha value is -2.75. The fourth-order valence-corrected chi connectivity index (χ4v) is 2.52. The van der Waals surface area contributed by atoms with Crippen LogP contribution < -0.4 is 9.47 Å². The molecule has 1 aliphatic rings. The van der Waals surface area contributed by atoms with Crippen molar-refractivity contribution >= 4 is 11.9 Å². The second-order valence-electron chi connectivity index (χ2n) is 5.05. The molecule has 0 unspecified atom stereocenters. The highest BCUT2D eigenvalue weighted by molar-refractivity contribution is 6.15. The van der Waals surface area contributed by atoms with Gasteiger partial charge in [-0.15, -0.1) is 0 Å². The van der Waals surface area contributed by atoms with E-state index in [4.69, 9.17) is 9.47 Å². The maximum atomic E-state index is 12.5. The number of fused-ring (bicyclic) bond motifs is 1. The number of para-hydroxylation sites is 1. The molecule has 0 atom stereocenters. The van der Waals surface area contributed by atoms with Gasteiger partial charge in [-0.1, -0.05) is 18.2 Å². The summed E-state index contributed by atoms with van der Waals surface area (Å²) in [6, 6.07) is 10.5. The van der Waals surface area contributed by atoms with E-state index in [0.29, 0.717) is 29.2 Å². The lowest BCUT2D eigenvalue weighted by molar-refractivity contribution is 0.101. The summed E-state index contributed by atoms with van der Waals surface area (Å²) < 4.78 is 11.2. The Bertz CT molecular complexity index is 775. The van der Waals surface area contributed by atoms with Crippen molar-refractivity contribution < 1.29 is 19.4 Å². The number of hydrogen-bond donors (Lipinski definition) is 1. The normalized spacial score (nSPS) is 14.8. The smallest absolute Gasteiger partial charge is 0.232 e. The van der Waals surface area contributed by atoms with E-state index in [1.165, 1.54) is 6.07 Å². The molecule has 0 saturated heterocycles. The lowest BCUT2D eigenvalue weighted by atomic mass is 10.0. The minimum Gasteiger partial charge on any atom is -0.508 e.